The van der Waals surface area contributed by atoms with E-state index in [0.717, 1.165) is 41.2 Å². The molecule has 32 heavy (non-hydrogen) atoms. The van der Waals surface area contributed by atoms with Crippen LogP contribution in [0.2, 0.25) is 0 Å². The predicted octanol–water partition coefficient (Wildman–Crippen LogP) is 3.49. The molecule has 166 valence electrons. The Kier molecular flexibility index (Phi) is 5.17. The number of fused-ring (bicyclic) bond motifs is 2. The second-order valence-corrected chi connectivity index (χ2v) is 8.51. The number of benzene rings is 1. The van der Waals surface area contributed by atoms with Gasteiger partial charge >= 0.3 is 0 Å². The molecule has 1 spiro atoms. The van der Waals surface area contributed by atoms with Crippen molar-refractivity contribution >= 4 is 5.91 Å². The van der Waals surface area contributed by atoms with Crippen LogP contribution in [0.3, 0.4) is 0 Å². The Bertz CT molecular complexity index is 1170. The van der Waals surface area contributed by atoms with E-state index in [4.69, 9.17) is 14.0 Å². The number of carbonyl (C=O) groups excluding carboxylic acids is 1. The van der Waals surface area contributed by atoms with Crippen molar-refractivity contribution < 1.29 is 18.8 Å². The molecule has 0 saturated carbocycles. The Hall–Kier alpha value is -3.26. The van der Waals surface area contributed by atoms with Crippen LogP contribution in [0, 0.1) is 13.8 Å². The normalized spacial score (nSPS) is 16.2. The standard InChI is InChI=1S/C24H26N4O4/c1-4-6-21-25-10-19-20(26-21)12-31-24(19)13-28(14-24)23(29)22-18(16(3)32-27-22)11-30-17-8-5-7-15(2)9-17/h5,7-10H,4,6,11-14H2,1-3H3. The summed E-state index contributed by atoms with van der Waals surface area (Å²) in [6.07, 6.45) is 3.72. The summed E-state index contributed by atoms with van der Waals surface area (Å²) < 4.78 is 17.3. The van der Waals surface area contributed by atoms with Crippen molar-refractivity contribution in [2.75, 3.05) is 13.1 Å². The first kappa shape index (κ1) is 20.6. The summed E-state index contributed by atoms with van der Waals surface area (Å²) >= 11 is 0. The molecule has 1 saturated heterocycles. The van der Waals surface area contributed by atoms with Crippen molar-refractivity contribution in [1.82, 2.24) is 20.0 Å². The van der Waals surface area contributed by atoms with E-state index in [1.165, 1.54) is 0 Å². The summed E-state index contributed by atoms with van der Waals surface area (Å²) in [6, 6.07) is 7.78. The number of amides is 1. The fraction of sp³-hybridized carbons (Fsp3) is 0.417. The van der Waals surface area contributed by atoms with Crippen LogP contribution in [-0.2, 0) is 30.0 Å². The average Bonchev–Trinajstić information content (AvgIpc) is 3.31. The molecule has 0 radical (unpaired) electrons. The van der Waals surface area contributed by atoms with Crippen LogP contribution in [0.1, 0.15) is 57.8 Å². The van der Waals surface area contributed by atoms with Crippen LogP contribution in [-0.4, -0.2) is 39.0 Å². The number of carbonyl (C=O) groups is 1. The molecule has 0 unspecified atom stereocenters. The van der Waals surface area contributed by atoms with Crippen molar-refractivity contribution in [3.05, 3.63) is 70.1 Å². The Morgan fingerprint density at radius 2 is 2.12 bits per heavy atom. The molecular weight excluding hydrogens is 408 g/mol. The summed E-state index contributed by atoms with van der Waals surface area (Å²) in [5.74, 6) is 1.98. The number of hydrogen-bond donors (Lipinski definition) is 0. The van der Waals surface area contributed by atoms with E-state index < -0.39 is 5.60 Å². The SMILES string of the molecule is CCCc1ncc2c(n1)COC21CN(C(=O)c2noc(C)c2COc2cccc(C)c2)C1. The third-order valence-corrected chi connectivity index (χ3v) is 6.11. The van der Waals surface area contributed by atoms with Crippen LogP contribution < -0.4 is 4.74 Å². The molecule has 4 heterocycles. The highest BCUT2D eigenvalue weighted by atomic mass is 16.5. The van der Waals surface area contributed by atoms with Crippen molar-refractivity contribution in [1.29, 1.82) is 0 Å². The molecule has 0 N–H and O–H groups in total. The van der Waals surface area contributed by atoms with Gasteiger partial charge < -0.3 is 18.9 Å². The van der Waals surface area contributed by atoms with E-state index in [1.54, 1.807) is 11.8 Å². The van der Waals surface area contributed by atoms with Gasteiger partial charge in [0.05, 0.1) is 31.0 Å². The summed E-state index contributed by atoms with van der Waals surface area (Å²) in [7, 11) is 0. The first-order chi connectivity index (χ1) is 15.5. The van der Waals surface area contributed by atoms with Gasteiger partial charge in [-0.1, -0.05) is 24.2 Å². The molecule has 2 aromatic heterocycles. The minimum absolute atomic E-state index is 0.184. The van der Waals surface area contributed by atoms with Gasteiger partial charge in [-0.2, -0.15) is 0 Å². The highest BCUT2D eigenvalue weighted by Crippen LogP contribution is 2.43. The van der Waals surface area contributed by atoms with E-state index in [9.17, 15) is 4.79 Å². The molecule has 8 nitrogen and oxygen atoms in total. The molecule has 2 aliphatic rings. The number of likely N-dealkylation sites (tertiary alicyclic amines) is 1. The smallest absolute Gasteiger partial charge is 0.276 e. The maximum absolute atomic E-state index is 13.2. The third kappa shape index (κ3) is 3.54. The van der Waals surface area contributed by atoms with E-state index in [-0.39, 0.29) is 18.2 Å². The zero-order chi connectivity index (χ0) is 22.3. The monoisotopic (exact) mass is 434 g/mol. The van der Waals surface area contributed by atoms with Gasteiger partial charge in [0, 0.05) is 18.2 Å². The number of hydrogen-bond acceptors (Lipinski definition) is 7. The molecule has 3 aromatic rings. The molecule has 1 fully saturated rings. The Labute approximate surface area is 186 Å². The number of nitrogens with zero attached hydrogens (tertiary/aromatic N) is 4. The van der Waals surface area contributed by atoms with Crippen LogP contribution >= 0.6 is 0 Å². The molecule has 1 amide bonds. The van der Waals surface area contributed by atoms with Crippen LogP contribution in [0.4, 0.5) is 0 Å². The van der Waals surface area contributed by atoms with Crippen molar-refractivity contribution in [2.45, 2.75) is 52.4 Å². The largest absolute Gasteiger partial charge is 0.489 e. The topological polar surface area (TPSA) is 90.6 Å². The highest BCUT2D eigenvalue weighted by molar-refractivity contribution is 5.94. The Morgan fingerprint density at radius 1 is 1.28 bits per heavy atom. The summed E-state index contributed by atoms with van der Waals surface area (Å²) in [5, 5.41) is 4.03. The van der Waals surface area contributed by atoms with Crippen molar-refractivity contribution in [3.63, 3.8) is 0 Å². The third-order valence-electron chi connectivity index (χ3n) is 6.11. The molecule has 0 atom stereocenters. The first-order valence-corrected chi connectivity index (χ1v) is 10.9. The maximum atomic E-state index is 13.2. The summed E-state index contributed by atoms with van der Waals surface area (Å²) in [5.41, 5.74) is 3.46. The van der Waals surface area contributed by atoms with Gasteiger partial charge in [0.15, 0.2) is 5.69 Å². The second-order valence-electron chi connectivity index (χ2n) is 8.51. The quantitative estimate of drug-likeness (QED) is 0.586. The van der Waals surface area contributed by atoms with Gasteiger partial charge in [0.2, 0.25) is 0 Å². The van der Waals surface area contributed by atoms with Gasteiger partial charge in [-0.3, -0.25) is 4.79 Å². The zero-order valence-electron chi connectivity index (χ0n) is 18.6. The fourth-order valence-corrected chi connectivity index (χ4v) is 4.29. The number of aromatic nitrogens is 3. The fourth-order valence-electron chi connectivity index (χ4n) is 4.29. The Balaban J connectivity index is 1.28. The van der Waals surface area contributed by atoms with Gasteiger partial charge in [-0.15, -0.1) is 0 Å². The molecule has 0 bridgehead atoms. The minimum Gasteiger partial charge on any atom is -0.489 e. The lowest BCUT2D eigenvalue weighted by molar-refractivity contribution is -0.126. The predicted molar refractivity (Wildman–Crippen MR) is 115 cm³/mol. The summed E-state index contributed by atoms with van der Waals surface area (Å²) in [6.45, 7) is 7.46. The lowest BCUT2D eigenvalue weighted by atomic mass is 9.87. The Morgan fingerprint density at radius 3 is 2.91 bits per heavy atom. The molecular formula is C24H26N4O4. The number of rotatable bonds is 6. The number of aryl methyl sites for hydroxylation is 3. The van der Waals surface area contributed by atoms with Crippen LogP contribution in [0.5, 0.6) is 5.75 Å². The van der Waals surface area contributed by atoms with Gasteiger partial charge in [-0.25, -0.2) is 9.97 Å². The highest BCUT2D eigenvalue weighted by Gasteiger charge is 2.53. The molecule has 1 aromatic carbocycles. The molecule has 5 rings (SSSR count). The van der Waals surface area contributed by atoms with Gasteiger partial charge in [-0.05, 0) is 38.0 Å². The van der Waals surface area contributed by atoms with Crippen LogP contribution in [0.25, 0.3) is 0 Å². The van der Waals surface area contributed by atoms with E-state index >= 15 is 0 Å². The molecule has 2 aliphatic heterocycles. The lowest BCUT2D eigenvalue weighted by Gasteiger charge is -2.46. The van der Waals surface area contributed by atoms with Crippen molar-refractivity contribution in [3.8, 4) is 5.75 Å². The first-order valence-electron chi connectivity index (χ1n) is 10.9. The molecule has 0 aliphatic carbocycles. The van der Waals surface area contributed by atoms with E-state index in [1.807, 2.05) is 37.4 Å². The van der Waals surface area contributed by atoms with Crippen molar-refractivity contribution in [2.24, 2.45) is 0 Å². The van der Waals surface area contributed by atoms with Gasteiger partial charge in [0.25, 0.3) is 5.91 Å². The minimum atomic E-state index is -0.521. The van der Waals surface area contributed by atoms with E-state index in [2.05, 4.69) is 22.0 Å². The van der Waals surface area contributed by atoms with Crippen LogP contribution in [0.15, 0.2) is 35.0 Å². The second kappa shape index (κ2) is 8.02. The lowest BCUT2D eigenvalue weighted by Crippen LogP contribution is -2.61. The van der Waals surface area contributed by atoms with E-state index in [0.29, 0.717) is 31.0 Å². The zero-order valence-corrected chi connectivity index (χ0v) is 18.6. The average molecular weight is 434 g/mol. The maximum Gasteiger partial charge on any atom is 0.276 e. The molecule has 8 heteroatoms. The van der Waals surface area contributed by atoms with Gasteiger partial charge in [0.1, 0.15) is 29.5 Å². The number of ether oxygens (including phenoxy) is 2. The summed E-state index contributed by atoms with van der Waals surface area (Å²) in [4.78, 5) is 24.0.